The lowest BCUT2D eigenvalue weighted by Gasteiger charge is -2.16. The molecule has 1 heterocycles. The number of nitrogens with one attached hydrogen (secondary N) is 1. The first kappa shape index (κ1) is 20.9. The Hall–Kier alpha value is -2.86. The molecule has 0 radical (unpaired) electrons. The Bertz CT molecular complexity index is 835. The van der Waals surface area contributed by atoms with E-state index in [1.807, 2.05) is 48.5 Å². The Labute approximate surface area is 171 Å². The van der Waals surface area contributed by atoms with Gasteiger partial charge in [-0.15, -0.1) is 0 Å². The molecule has 154 valence electrons. The minimum atomic E-state index is -0.812. The van der Waals surface area contributed by atoms with Crippen LogP contribution in [0.2, 0.25) is 0 Å². The van der Waals surface area contributed by atoms with Crippen molar-refractivity contribution in [3.63, 3.8) is 0 Å². The summed E-state index contributed by atoms with van der Waals surface area (Å²) in [5.41, 5.74) is 3.00. The van der Waals surface area contributed by atoms with E-state index >= 15 is 0 Å². The predicted molar refractivity (Wildman–Crippen MR) is 111 cm³/mol. The number of nitrogens with zero attached hydrogens (tertiary/aromatic N) is 1. The number of aliphatic carboxylic acids is 1. The number of para-hydroxylation sites is 1. The molecule has 1 saturated heterocycles. The summed E-state index contributed by atoms with van der Waals surface area (Å²) < 4.78 is 5.32. The molecule has 1 unspecified atom stereocenters. The maximum Gasteiger partial charge on any atom is 0.307 e. The van der Waals surface area contributed by atoms with Crippen LogP contribution in [0.25, 0.3) is 0 Å². The van der Waals surface area contributed by atoms with Gasteiger partial charge in [-0.25, -0.2) is 0 Å². The molecule has 0 aromatic heterocycles. The van der Waals surface area contributed by atoms with Gasteiger partial charge in [0, 0.05) is 18.7 Å². The summed E-state index contributed by atoms with van der Waals surface area (Å²) in [7, 11) is 1.63. The quantitative estimate of drug-likeness (QED) is 0.681. The van der Waals surface area contributed by atoms with Gasteiger partial charge in [0.25, 0.3) is 0 Å². The fourth-order valence-corrected chi connectivity index (χ4v) is 3.83. The Morgan fingerprint density at radius 2 is 1.86 bits per heavy atom. The highest BCUT2D eigenvalue weighted by atomic mass is 16.5. The zero-order chi connectivity index (χ0) is 20.6. The lowest BCUT2D eigenvalue weighted by atomic mass is 9.97. The largest absolute Gasteiger partial charge is 0.496 e. The Kier molecular flexibility index (Phi) is 7.25. The molecule has 1 fully saturated rings. The molecular weight excluding hydrogens is 368 g/mol. The van der Waals surface area contributed by atoms with Crippen LogP contribution in [0, 0.1) is 5.92 Å². The third kappa shape index (κ3) is 6.32. The number of rotatable bonds is 9. The monoisotopic (exact) mass is 396 g/mol. The van der Waals surface area contributed by atoms with Crippen molar-refractivity contribution >= 4 is 11.9 Å². The molecule has 0 bridgehead atoms. The highest BCUT2D eigenvalue weighted by molar-refractivity contribution is 5.78. The number of amides is 1. The molecule has 1 atom stereocenters. The smallest absolute Gasteiger partial charge is 0.307 e. The van der Waals surface area contributed by atoms with Crippen molar-refractivity contribution in [1.82, 2.24) is 10.2 Å². The van der Waals surface area contributed by atoms with Crippen LogP contribution in [-0.2, 0) is 29.0 Å². The number of carboxylic acid groups (broad SMARTS) is 1. The molecule has 1 amide bonds. The van der Waals surface area contributed by atoms with Gasteiger partial charge < -0.3 is 15.2 Å². The molecule has 2 aromatic carbocycles. The van der Waals surface area contributed by atoms with E-state index in [1.165, 1.54) is 5.56 Å². The van der Waals surface area contributed by atoms with Crippen LogP contribution in [0.5, 0.6) is 5.75 Å². The van der Waals surface area contributed by atoms with Crippen LogP contribution in [0.1, 0.15) is 23.1 Å². The molecule has 2 aromatic rings. The molecule has 1 aliphatic rings. The summed E-state index contributed by atoms with van der Waals surface area (Å²) in [5, 5.41) is 11.8. The minimum absolute atomic E-state index is 0.0228. The molecule has 2 N–H and O–H groups in total. The molecule has 0 aliphatic carbocycles. The summed E-state index contributed by atoms with van der Waals surface area (Å²) in [6.07, 6.45) is 2.07. The van der Waals surface area contributed by atoms with E-state index in [0.29, 0.717) is 19.0 Å². The molecule has 0 saturated carbocycles. The number of methoxy groups -OCH3 is 1. The number of carbonyl (C=O) groups excluding carboxylic acids is 1. The second kappa shape index (κ2) is 10.1. The van der Waals surface area contributed by atoms with Gasteiger partial charge in [0.1, 0.15) is 5.75 Å². The Morgan fingerprint density at radius 3 is 2.59 bits per heavy atom. The molecule has 6 heteroatoms. The second-order valence-electron chi connectivity index (χ2n) is 7.57. The van der Waals surface area contributed by atoms with Crippen LogP contribution < -0.4 is 10.1 Å². The molecule has 29 heavy (non-hydrogen) atoms. The maximum absolute atomic E-state index is 12.3. The minimum Gasteiger partial charge on any atom is -0.496 e. The van der Waals surface area contributed by atoms with Crippen LogP contribution in [0.3, 0.4) is 0 Å². The standard InChI is InChI=1S/C23H28N2O4/c1-29-21-5-3-2-4-20(21)14-24-22(26)16-25-11-10-19(15-25)12-17-6-8-18(9-7-17)13-23(27)28/h2-9,19H,10-16H2,1H3,(H,24,26)(H,27,28). The predicted octanol–water partition coefficient (Wildman–Crippen LogP) is 2.50. The van der Waals surface area contributed by atoms with E-state index < -0.39 is 5.97 Å². The van der Waals surface area contributed by atoms with Gasteiger partial charge in [0.05, 0.1) is 20.1 Å². The fraction of sp³-hybridized carbons (Fsp3) is 0.391. The maximum atomic E-state index is 12.3. The number of carboxylic acids is 1. The van der Waals surface area contributed by atoms with Gasteiger partial charge in [0.15, 0.2) is 0 Å². The van der Waals surface area contributed by atoms with Crippen LogP contribution in [0.4, 0.5) is 0 Å². The van der Waals surface area contributed by atoms with Gasteiger partial charge >= 0.3 is 5.97 Å². The Morgan fingerprint density at radius 1 is 1.14 bits per heavy atom. The normalized spacial score (nSPS) is 16.5. The van der Waals surface area contributed by atoms with Gasteiger partial charge in [-0.1, -0.05) is 42.5 Å². The van der Waals surface area contributed by atoms with E-state index in [1.54, 1.807) is 7.11 Å². The number of likely N-dealkylation sites (tertiary alicyclic amines) is 1. The van der Waals surface area contributed by atoms with E-state index in [2.05, 4.69) is 10.2 Å². The third-order valence-electron chi connectivity index (χ3n) is 5.31. The third-order valence-corrected chi connectivity index (χ3v) is 5.31. The molecule has 6 nitrogen and oxygen atoms in total. The van der Waals surface area contributed by atoms with E-state index in [0.717, 1.165) is 42.8 Å². The molecule has 3 rings (SSSR count). The molecule has 1 aliphatic heterocycles. The number of carbonyl (C=O) groups is 2. The summed E-state index contributed by atoms with van der Waals surface area (Å²) in [6, 6.07) is 15.5. The summed E-state index contributed by atoms with van der Waals surface area (Å²) >= 11 is 0. The van der Waals surface area contributed by atoms with Crippen LogP contribution in [-0.4, -0.2) is 48.6 Å². The Balaban J connectivity index is 1.42. The van der Waals surface area contributed by atoms with Gasteiger partial charge in [-0.3, -0.25) is 14.5 Å². The van der Waals surface area contributed by atoms with Gasteiger partial charge in [-0.2, -0.15) is 0 Å². The lowest BCUT2D eigenvalue weighted by Crippen LogP contribution is -2.35. The molecular formula is C23H28N2O4. The SMILES string of the molecule is COc1ccccc1CNC(=O)CN1CCC(Cc2ccc(CC(=O)O)cc2)C1. The molecule has 0 spiro atoms. The van der Waals surface area contributed by atoms with Crippen molar-refractivity contribution in [3.05, 3.63) is 65.2 Å². The van der Waals surface area contributed by atoms with Gasteiger partial charge in [0.2, 0.25) is 5.91 Å². The zero-order valence-corrected chi connectivity index (χ0v) is 16.8. The first-order valence-corrected chi connectivity index (χ1v) is 9.94. The summed E-state index contributed by atoms with van der Waals surface area (Å²) in [6.45, 7) is 2.69. The van der Waals surface area contributed by atoms with E-state index in [9.17, 15) is 9.59 Å². The second-order valence-corrected chi connectivity index (χ2v) is 7.57. The number of hydrogen-bond donors (Lipinski definition) is 2. The van der Waals surface area contributed by atoms with Crippen molar-refractivity contribution in [2.45, 2.75) is 25.8 Å². The van der Waals surface area contributed by atoms with Gasteiger partial charge in [-0.05, 0) is 42.5 Å². The van der Waals surface area contributed by atoms with Crippen molar-refractivity contribution in [1.29, 1.82) is 0 Å². The van der Waals surface area contributed by atoms with Crippen LogP contribution in [0.15, 0.2) is 48.5 Å². The summed E-state index contributed by atoms with van der Waals surface area (Å²) in [4.78, 5) is 25.3. The van der Waals surface area contributed by atoms with Crippen molar-refractivity contribution in [3.8, 4) is 5.75 Å². The van der Waals surface area contributed by atoms with Crippen molar-refractivity contribution < 1.29 is 19.4 Å². The first-order chi connectivity index (χ1) is 14.0. The van der Waals surface area contributed by atoms with Crippen molar-refractivity contribution in [2.24, 2.45) is 5.92 Å². The first-order valence-electron chi connectivity index (χ1n) is 9.94. The average molecular weight is 396 g/mol. The van der Waals surface area contributed by atoms with Crippen LogP contribution >= 0.6 is 0 Å². The summed E-state index contributed by atoms with van der Waals surface area (Å²) in [5.74, 6) is 0.508. The number of benzene rings is 2. The van der Waals surface area contributed by atoms with E-state index in [-0.39, 0.29) is 12.3 Å². The van der Waals surface area contributed by atoms with E-state index in [4.69, 9.17) is 9.84 Å². The fourth-order valence-electron chi connectivity index (χ4n) is 3.83. The lowest BCUT2D eigenvalue weighted by molar-refractivity contribution is -0.136. The highest BCUT2D eigenvalue weighted by Gasteiger charge is 2.24. The highest BCUT2D eigenvalue weighted by Crippen LogP contribution is 2.21. The zero-order valence-electron chi connectivity index (χ0n) is 16.8. The number of hydrogen-bond acceptors (Lipinski definition) is 4. The number of ether oxygens (including phenoxy) is 1. The average Bonchev–Trinajstić information content (AvgIpc) is 3.14. The van der Waals surface area contributed by atoms with Crippen molar-refractivity contribution in [2.75, 3.05) is 26.7 Å². The topological polar surface area (TPSA) is 78.9 Å².